The Balaban J connectivity index is 1.93. The smallest absolute Gasteiger partial charge is 0.199 e. The van der Waals surface area contributed by atoms with E-state index in [0.717, 1.165) is 0 Å². The first-order chi connectivity index (χ1) is 13.3. The SMILES string of the molecule is O=S(=O)(c1ccccc1)C1(S(=O)(=O)c2ccccc2)C[C@H]1c1ccc(Cl)cc1. The largest absolute Gasteiger partial charge is 0.222 e. The fourth-order valence-electron chi connectivity index (χ4n) is 3.63. The van der Waals surface area contributed by atoms with Crippen LogP contribution in [0.3, 0.4) is 0 Å². The summed E-state index contributed by atoms with van der Waals surface area (Å²) in [5, 5.41) is 0.506. The molecule has 3 aromatic rings. The molecule has 0 aromatic heterocycles. The van der Waals surface area contributed by atoms with Crippen LogP contribution < -0.4 is 0 Å². The van der Waals surface area contributed by atoms with Crippen LogP contribution in [0.25, 0.3) is 0 Å². The quantitative estimate of drug-likeness (QED) is 0.596. The van der Waals surface area contributed by atoms with Crippen molar-refractivity contribution in [3.8, 4) is 0 Å². The molecule has 0 amide bonds. The van der Waals surface area contributed by atoms with Crippen LogP contribution in [0, 0.1) is 0 Å². The molecule has 7 heteroatoms. The van der Waals surface area contributed by atoms with Crippen molar-refractivity contribution in [2.45, 2.75) is 26.2 Å². The van der Waals surface area contributed by atoms with Crippen LogP contribution in [0.1, 0.15) is 17.9 Å². The molecule has 1 fully saturated rings. The normalized spacial score (nSPS) is 18.5. The third-order valence-electron chi connectivity index (χ3n) is 5.15. The minimum atomic E-state index is -4.16. The van der Waals surface area contributed by atoms with Crippen molar-refractivity contribution in [1.29, 1.82) is 0 Å². The van der Waals surface area contributed by atoms with Gasteiger partial charge in [-0.15, -0.1) is 0 Å². The molecule has 0 heterocycles. The Morgan fingerprint density at radius 2 is 1.11 bits per heavy atom. The van der Waals surface area contributed by atoms with Crippen LogP contribution in [-0.4, -0.2) is 20.9 Å². The zero-order chi connectivity index (χ0) is 20.0. The molecule has 4 rings (SSSR count). The Kier molecular flexibility index (Phi) is 4.61. The average molecular weight is 433 g/mol. The van der Waals surface area contributed by atoms with Crippen molar-refractivity contribution >= 4 is 31.3 Å². The van der Waals surface area contributed by atoms with E-state index in [1.807, 2.05) is 0 Å². The van der Waals surface area contributed by atoms with E-state index in [1.54, 1.807) is 60.7 Å². The minimum absolute atomic E-state index is 0.00306. The maximum Gasteiger partial charge on any atom is 0.199 e. The van der Waals surface area contributed by atoms with Gasteiger partial charge < -0.3 is 0 Å². The molecule has 0 spiro atoms. The van der Waals surface area contributed by atoms with Gasteiger partial charge in [0.15, 0.2) is 23.8 Å². The highest BCUT2D eigenvalue weighted by molar-refractivity contribution is 8.11. The van der Waals surface area contributed by atoms with Gasteiger partial charge in [-0.25, -0.2) is 16.8 Å². The fourth-order valence-corrected chi connectivity index (χ4v) is 9.11. The predicted octanol–water partition coefficient (Wildman–Crippen LogP) is 4.47. The van der Waals surface area contributed by atoms with Crippen molar-refractivity contribution in [2.24, 2.45) is 0 Å². The number of benzene rings is 3. The van der Waals surface area contributed by atoms with E-state index >= 15 is 0 Å². The second-order valence-corrected chi connectivity index (χ2v) is 11.9. The second-order valence-electron chi connectivity index (χ2n) is 6.75. The lowest BCUT2D eigenvalue weighted by molar-refractivity contribution is 0.570. The lowest BCUT2D eigenvalue weighted by Gasteiger charge is -2.20. The molecule has 0 N–H and O–H groups in total. The standard InChI is InChI=1S/C21H17ClO4S2/c22-17-13-11-16(12-14-17)20-15-21(20,27(23,24)18-7-3-1-4-8-18)28(25,26)19-9-5-2-6-10-19/h1-14,20H,15H2/t20-/m0/s1. The Bertz CT molecular complexity index is 1130. The highest BCUT2D eigenvalue weighted by Gasteiger charge is 2.73. The van der Waals surface area contributed by atoms with Crippen molar-refractivity contribution in [1.82, 2.24) is 0 Å². The average Bonchev–Trinajstić information content (AvgIpc) is 3.48. The first-order valence-corrected chi connectivity index (χ1v) is 12.0. The summed E-state index contributed by atoms with van der Waals surface area (Å²) in [6.45, 7) is 0. The maximum atomic E-state index is 13.6. The summed E-state index contributed by atoms with van der Waals surface area (Å²) in [6, 6.07) is 22.2. The molecule has 1 atom stereocenters. The molecule has 0 bridgehead atoms. The molecule has 4 nitrogen and oxygen atoms in total. The summed E-state index contributed by atoms with van der Waals surface area (Å²) in [5.41, 5.74) is 0.642. The molecule has 1 saturated carbocycles. The van der Waals surface area contributed by atoms with E-state index in [9.17, 15) is 16.8 Å². The van der Waals surface area contributed by atoms with Gasteiger partial charge in [0, 0.05) is 10.9 Å². The van der Waals surface area contributed by atoms with E-state index in [1.165, 1.54) is 24.3 Å². The zero-order valence-corrected chi connectivity index (χ0v) is 17.1. The molecule has 0 aliphatic heterocycles. The number of hydrogen-bond donors (Lipinski definition) is 0. The Morgan fingerprint density at radius 3 is 1.54 bits per heavy atom. The molecule has 1 aliphatic rings. The highest BCUT2D eigenvalue weighted by Crippen LogP contribution is 2.63. The number of halogens is 1. The molecule has 0 saturated heterocycles. The number of hydrogen-bond acceptors (Lipinski definition) is 4. The zero-order valence-electron chi connectivity index (χ0n) is 14.7. The molecule has 1 aliphatic carbocycles. The Hall–Kier alpha value is -2.15. The molecule has 144 valence electrons. The molecule has 0 unspecified atom stereocenters. The van der Waals surface area contributed by atoms with Gasteiger partial charge in [0.25, 0.3) is 0 Å². The predicted molar refractivity (Wildman–Crippen MR) is 109 cm³/mol. The summed E-state index contributed by atoms with van der Waals surface area (Å²) >= 11 is 5.94. The van der Waals surface area contributed by atoms with Crippen LogP contribution in [0.2, 0.25) is 5.02 Å². The fraction of sp³-hybridized carbons (Fsp3) is 0.143. The summed E-state index contributed by atoms with van der Waals surface area (Å²) in [7, 11) is -8.32. The first kappa shape index (κ1) is 19.2. The van der Waals surface area contributed by atoms with Gasteiger partial charge in [0.2, 0.25) is 0 Å². The van der Waals surface area contributed by atoms with Crippen LogP contribution in [0.4, 0.5) is 0 Å². The van der Waals surface area contributed by atoms with Crippen LogP contribution in [-0.2, 0) is 19.7 Å². The summed E-state index contributed by atoms with van der Waals surface area (Å²) in [4.78, 5) is 0.0111. The van der Waals surface area contributed by atoms with Gasteiger partial charge in [0.05, 0.1) is 9.79 Å². The summed E-state index contributed by atoms with van der Waals surface area (Å²) in [6.07, 6.45) is 0.00306. The summed E-state index contributed by atoms with van der Waals surface area (Å²) in [5.74, 6) is -0.667. The van der Waals surface area contributed by atoms with Crippen molar-refractivity contribution in [3.05, 3.63) is 95.5 Å². The molecular weight excluding hydrogens is 416 g/mol. The van der Waals surface area contributed by atoms with Gasteiger partial charge in [-0.05, 0) is 48.4 Å². The third-order valence-corrected chi connectivity index (χ3v) is 11.2. The topological polar surface area (TPSA) is 68.3 Å². The van der Waals surface area contributed by atoms with Gasteiger partial charge in [-0.1, -0.05) is 60.1 Å². The van der Waals surface area contributed by atoms with Crippen LogP contribution in [0.5, 0.6) is 0 Å². The summed E-state index contributed by atoms with van der Waals surface area (Å²) < 4.78 is 52.4. The molecule has 0 radical (unpaired) electrons. The lowest BCUT2D eigenvalue weighted by atomic mass is 10.1. The van der Waals surface area contributed by atoms with Gasteiger partial charge >= 0.3 is 0 Å². The molecule has 3 aromatic carbocycles. The molecule has 28 heavy (non-hydrogen) atoms. The van der Waals surface area contributed by atoms with Crippen molar-refractivity contribution in [2.75, 3.05) is 0 Å². The highest BCUT2D eigenvalue weighted by atomic mass is 35.5. The number of rotatable bonds is 5. The van der Waals surface area contributed by atoms with E-state index in [4.69, 9.17) is 11.6 Å². The van der Waals surface area contributed by atoms with E-state index in [2.05, 4.69) is 0 Å². The lowest BCUT2D eigenvalue weighted by Crippen LogP contribution is -2.35. The van der Waals surface area contributed by atoms with E-state index < -0.39 is 29.7 Å². The van der Waals surface area contributed by atoms with E-state index in [-0.39, 0.29) is 16.2 Å². The first-order valence-electron chi connectivity index (χ1n) is 8.65. The van der Waals surface area contributed by atoms with Crippen molar-refractivity contribution in [3.63, 3.8) is 0 Å². The second kappa shape index (κ2) is 6.72. The third kappa shape index (κ3) is 2.79. The molecular formula is C21H17ClO4S2. The van der Waals surface area contributed by atoms with Crippen molar-refractivity contribution < 1.29 is 16.8 Å². The van der Waals surface area contributed by atoms with Crippen LogP contribution >= 0.6 is 11.6 Å². The maximum absolute atomic E-state index is 13.6. The number of sulfone groups is 2. The Morgan fingerprint density at radius 1 is 0.679 bits per heavy atom. The van der Waals surface area contributed by atoms with Gasteiger partial charge in [-0.3, -0.25) is 0 Å². The van der Waals surface area contributed by atoms with Gasteiger partial charge in [0.1, 0.15) is 0 Å². The monoisotopic (exact) mass is 432 g/mol. The Labute approximate surface area is 169 Å². The van der Waals surface area contributed by atoms with Gasteiger partial charge in [-0.2, -0.15) is 0 Å². The van der Waals surface area contributed by atoms with Crippen LogP contribution in [0.15, 0.2) is 94.7 Å². The minimum Gasteiger partial charge on any atom is -0.222 e. The van der Waals surface area contributed by atoms with E-state index in [0.29, 0.717) is 10.6 Å².